The van der Waals surface area contributed by atoms with Gasteiger partial charge in [-0.2, -0.15) is 0 Å². The van der Waals surface area contributed by atoms with E-state index in [4.69, 9.17) is 4.74 Å². The van der Waals surface area contributed by atoms with Gasteiger partial charge in [-0.05, 0) is 61.9 Å². The van der Waals surface area contributed by atoms with E-state index in [1.807, 2.05) is 65.6 Å². The molecule has 2 bridgehead atoms. The van der Waals surface area contributed by atoms with Gasteiger partial charge in [-0.25, -0.2) is 0 Å². The average molecular weight is 410 g/mol. The van der Waals surface area contributed by atoms with Gasteiger partial charge in [0.05, 0.1) is 7.11 Å². The Morgan fingerprint density at radius 2 is 1.83 bits per heavy atom. The van der Waals surface area contributed by atoms with Crippen LogP contribution in [-0.4, -0.2) is 37.0 Å². The zero-order chi connectivity index (χ0) is 19.5. The van der Waals surface area contributed by atoms with Crippen LogP contribution >= 0.6 is 0 Å². The van der Waals surface area contributed by atoms with E-state index in [0.29, 0.717) is 12.1 Å². The number of anilines is 1. The summed E-state index contributed by atoms with van der Waals surface area (Å²) in [6.45, 7) is 0. The minimum absolute atomic E-state index is 0. The second kappa shape index (κ2) is 9.29. The molecule has 1 saturated heterocycles. The zero-order valence-electron chi connectivity index (χ0n) is 16.8. The smallest absolute Gasteiger partial charge is 0.255 e. The number of amides is 1. The van der Waals surface area contributed by atoms with Crippen molar-refractivity contribution in [1.82, 2.24) is 4.90 Å². The molecule has 29 heavy (non-hydrogen) atoms. The standard InChI is InChI=1S/C24H26N2O2.ClH/c1-25-20-9-10-21(25)17-22(16-20)26(19-11-13-23(28-2)14-12-19)24(27)15-8-18-6-4-3-5-7-18;/h3-8,11-16,20-21H,9-10,17H2,1-2H3;1H/p-1/b15-8+;. The normalized spacial score (nSPS) is 20.8. The SMILES string of the molecule is COc1ccc(N(C(=O)/C=C/c2ccccc2)C2=CC3CCC(C2)N3C)cc1.[Cl-]. The highest BCUT2D eigenvalue weighted by Gasteiger charge is 2.36. The van der Waals surface area contributed by atoms with E-state index in [-0.39, 0.29) is 18.3 Å². The Balaban J connectivity index is 0.00000240. The third-order valence-electron chi connectivity index (χ3n) is 5.78. The summed E-state index contributed by atoms with van der Waals surface area (Å²) in [6, 6.07) is 18.6. The number of carbonyl (C=O) groups excluding carboxylic acids is 1. The lowest BCUT2D eigenvalue weighted by molar-refractivity contribution is -0.113. The summed E-state index contributed by atoms with van der Waals surface area (Å²) in [6.07, 6.45) is 9.05. The summed E-state index contributed by atoms with van der Waals surface area (Å²) in [4.78, 5) is 17.5. The summed E-state index contributed by atoms with van der Waals surface area (Å²) >= 11 is 0. The predicted octanol–water partition coefficient (Wildman–Crippen LogP) is 1.50. The van der Waals surface area contributed by atoms with Crippen LogP contribution in [0.4, 0.5) is 5.69 Å². The highest BCUT2D eigenvalue weighted by molar-refractivity contribution is 6.06. The molecule has 2 aromatic carbocycles. The van der Waals surface area contributed by atoms with Gasteiger partial charge >= 0.3 is 0 Å². The fourth-order valence-electron chi connectivity index (χ4n) is 4.16. The number of benzene rings is 2. The van der Waals surface area contributed by atoms with Crippen LogP contribution < -0.4 is 22.0 Å². The molecule has 2 aromatic rings. The molecule has 1 fully saturated rings. The molecular weight excluding hydrogens is 384 g/mol. The number of hydrogen-bond donors (Lipinski definition) is 0. The number of rotatable bonds is 5. The number of carbonyl (C=O) groups is 1. The largest absolute Gasteiger partial charge is 1.00 e. The number of hydrogen-bond acceptors (Lipinski definition) is 3. The molecule has 2 aliphatic rings. The number of nitrogens with zero attached hydrogens (tertiary/aromatic N) is 2. The lowest BCUT2D eigenvalue weighted by Gasteiger charge is -2.35. The molecule has 5 heteroatoms. The zero-order valence-corrected chi connectivity index (χ0v) is 17.5. The Bertz CT molecular complexity index is 893. The van der Waals surface area contributed by atoms with E-state index in [1.165, 1.54) is 6.42 Å². The second-order valence-electron chi connectivity index (χ2n) is 7.44. The first-order chi connectivity index (χ1) is 13.7. The number of likely N-dealkylation sites (N-methyl/N-ethyl adjacent to an activating group) is 1. The Labute approximate surface area is 178 Å². The van der Waals surface area contributed by atoms with E-state index in [1.54, 1.807) is 13.2 Å². The van der Waals surface area contributed by atoms with Gasteiger partial charge in [-0.3, -0.25) is 14.6 Å². The van der Waals surface area contributed by atoms with Crippen LogP contribution in [0, 0.1) is 0 Å². The molecule has 4 nitrogen and oxygen atoms in total. The van der Waals surface area contributed by atoms with Crippen molar-refractivity contribution in [1.29, 1.82) is 0 Å². The van der Waals surface area contributed by atoms with Gasteiger partial charge in [0, 0.05) is 36.0 Å². The first-order valence-electron chi connectivity index (χ1n) is 9.79. The van der Waals surface area contributed by atoms with Crippen molar-refractivity contribution in [3.8, 4) is 5.75 Å². The Morgan fingerprint density at radius 1 is 1.10 bits per heavy atom. The summed E-state index contributed by atoms with van der Waals surface area (Å²) in [5.74, 6) is 0.762. The van der Waals surface area contributed by atoms with Gasteiger partial charge in [-0.1, -0.05) is 30.3 Å². The fourth-order valence-corrected chi connectivity index (χ4v) is 4.16. The molecule has 0 aromatic heterocycles. The molecule has 2 aliphatic heterocycles. The van der Waals surface area contributed by atoms with E-state index in [0.717, 1.165) is 35.5 Å². The molecule has 0 aliphatic carbocycles. The molecular formula is C24H26ClN2O2-. The fraction of sp³-hybridized carbons (Fsp3) is 0.292. The van der Waals surface area contributed by atoms with Crippen LogP contribution in [0.15, 0.2) is 72.4 Å². The minimum Gasteiger partial charge on any atom is -1.00 e. The number of ether oxygens (including phenoxy) is 1. The van der Waals surface area contributed by atoms with Gasteiger partial charge in [0.25, 0.3) is 5.91 Å². The van der Waals surface area contributed by atoms with E-state index < -0.39 is 0 Å². The van der Waals surface area contributed by atoms with E-state index in [2.05, 4.69) is 18.0 Å². The molecule has 0 N–H and O–H groups in total. The maximum atomic E-state index is 13.2. The quantitative estimate of drug-likeness (QED) is 0.701. The number of fused-ring (bicyclic) bond motifs is 2. The molecule has 0 radical (unpaired) electrons. The van der Waals surface area contributed by atoms with Crippen molar-refractivity contribution in [2.24, 2.45) is 0 Å². The summed E-state index contributed by atoms with van der Waals surface area (Å²) in [5.41, 5.74) is 2.99. The molecule has 2 heterocycles. The lowest BCUT2D eigenvalue weighted by atomic mass is 10.0. The highest BCUT2D eigenvalue weighted by Crippen LogP contribution is 2.36. The molecule has 0 saturated carbocycles. The van der Waals surface area contributed by atoms with Crippen molar-refractivity contribution in [3.05, 3.63) is 78.0 Å². The minimum atomic E-state index is -0.0239. The monoisotopic (exact) mass is 409 g/mol. The highest BCUT2D eigenvalue weighted by atomic mass is 35.5. The van der Waals surface area contributed by atoms with E-state index >= 15 is 0 Å². The van der Waals surface area contributed by atoms with Gasteiger partial charge in [-0.15, -0.1) is 0 Å². The van der Waals surface area contributed by atoms with Crippen LogP contribution in [-0.2, 0) is 4.79 Å². The second-order valence-corrected chi connectivity index (χ2v) is 7.44. The van der Waals surface area contributed by atoms with Crippen LogP contribution in [0.3, 0.4) is 0 Å². The van der Waals surface area contributed by atoms with Crippen molar-refractivity contribution in [2.45, 2.75) is 31.3 Å². The van der Waals surface area contributed by atoms with Gasteiger partial charge in [0.1, 0.15) is 5.75 Å². The van der Waals surface area contributed by atoms with Crippen LogP contribution in [0.5, 0.6) is 5.75 Å². The number of halogens is 1. The molecule has 0 spiro atoms. The first kappa shape index (κ1) is 21.2. The maximum absolute atomic E-state index is 13.2. The topological polar surface area (TPSA) is 32.8 Å². The molecule has 152 valence electrons. The molecule has 1 amide bonds. The third kappa shape index (κ3) is 4.55. The van der Waals surface area contributed by atoms with Crippen LogP contribution in [0.25, 0.3) is 6.08 Å². The van der Waals surface area contributed by atoms with Gasteiger partial charge in [0.2, 0.25) is 0 Å². The molecule has 2 unspecified atom stereocenters. The lowest BCUT2D eigenvalue weighted by Crippen LogP contribution is -3.00. The molecule has 2 atom stereocenters. The van der Waals surface area contributed by atoms with Crippen molar-refractivity contribution < 1.29 is 21.9 Å². The number of methoxy groups -OCH3 is 1. The van der Waals surface area contributed by atoms with E-state index in [9.17, 15) is 4.79 Å². The maximum Gasteiger partial charge on any atom is 0.255 e. The Kier molecular flexibility index (Phi) is 6.78. The van der Waals surface area contributed by atoms with Crippen molar-refractivity contribution >= 4 is 17.7 Å². The predicted molar refractivity (Wildman–Crippen MR) is 113 cm³/mol. The summed E-state index contributed by atoms with van der Waals surface area (Å²) < 4.78 is 5.28. The summed E-state index contributed by atoms with van der Waals surface area (Å²) in [5, 5.41) is 0. The third-order valence-corrected chi connectivity index (χ3v) is 5.78. The Hall–Kier alpha value is -2.56. The van der Waals surface area contributed by atoms with Gasteiger partial charge in [0.15, 0.2) is 0 Å². The first-order valence-corrected chi connectivity index (χ1v) is 9.79. The van der Waals surface area contributed by atoms with Crippen molar-refractivity contribution in [3.63, 3.8) is 0 Å². The van der Waals surface area contributed by atoms with Crippen LogP contribution in [0.1, 0.15) is 24.8 Å². The Morgan fingerprint density at radius 3 is 2.48 bits per heavy atom. The van der Waals surface area contributed by atoms with Crippen molar-refractivity contribution in [2.75, 3.05) is 19.1 Å². The summed E-state index contributed by atoms with van der Waals surface area (Å²) in [7, 11) is 3.84. The average Bonchev–Trinajstić information content (AvgIpc) is 2.94. The molecule has 4 rings (SSSR count). The van der Waals surface area contributed by atoms with Crippen LogP contribution in [0.2, 0.25) is 0 Å². The van der Waals surface area contributed by atoms with Gasteiger partial charge < -0.3 is 17.1 Å².